The molecule has 84 valence electrons. The zero-order valence-corrected chi connectivity index (χ0v) is 8.35. The number of halogens is 3. The summed E-state index contributed by atoms with van der Waals surface area (Å²) in [7, 11) is 0. The summed E-state index contributed by atoms with van der Waals surface area (Å²) in [5.41, 5.74) is -0.404. The molecule has 16 heavy (non-hydrogen) atoms. The molecule has 0 radical (unpaired) electrons. The maximum atomic E-state index is 12.5. The zero-order valence-electron chi connectivity index (χ0n) is 8.35. The number of carbonyl (C=O) groups is 1. The molecule has 2 aromatic rings. The van der Waals surface area contributed by atoms with Crippen LogP contribution in [0.15, 0.2) is 24.4 Å². The summed E-state index contributed by atoms with van der Waals surface area (Å²) in [5, 5.41) is 0.514. The van der Waals surface area contributed by atoms with Crippen LogP contribution >= 0.6 is 0 Å². The van der Waals surface area contributed by atoms with E-state index in [2.05, 4.69) is 4.98 Å². The Bertz CT molecular complexity index is 554. The van der Waals surface area contributed by atoms with Crippen molar-refractivity contribution < 1.29 is 18.0 Å². The number of aromatic nitrogens is 1. The van der Waals surface area contributed by atoms with Crippen molar-refractivity contribution in [2.24, 2.45) is 0 Å². The van der Waals surface area contributed by atoms with Gasteiger partial charge >= 0.3 is 6.18 Å². The van der Waals surface area contributed by atoms with E-state index in [1.807, 2.05) is 0 Å². The van der Waals surface area contributed by atoms with Crippen LogP contribution in [-0.2, 0) is 6.18 Å². The highest BCUT2D eigenvalue weighted by Gasteiger charge is 2.31. The Morgan fingerprint density at radius 1 is 1.31 bits per heavy atom. The SMILES string of the molecule is CC(=O)c1cc(C(F)(F)F)cc2[nH]ccc12. The lowest BCUT2D eigenvalue weighted by Crippen LogP contribution is -2.07. The van der Waals surface area contributed by atoms with E-state index < -0.39 is 11.7 Å². The molecule has 0 amide bonds. The summed E-state index contributed by atoms with van der Waals surface area (Å²) < 4.78 is 37.6. The fourth-order valence-corrected chi connectivity index (χ4v) is 1.62. The Morgan fingerprint density at radius 2 is 2.00 bits per heavy atom. The Labute approximate surface area is 89.1 Å². The van der Waals surface area contributed by atoms with Crippen LogP contribution in [-0.4, -0.2) is 10.8 Å². The van der Waals surface area contributed by atoms with Gasteiger partial charge in [-0.2, -0.15) is 13.2 Å². The summed E-state index contributed by atoms with van der Waals surface area (Å²) in [5.74, 6) is -0.379. The molecule has 0 atom stereocenters. The Morgan fingerprint density at radius 3 is 2.56 bits per heavy atom. The van der Waals surface area contributed by atoms with Gasteiger partial charge in [0.1, 0.15) is 0 Å². The number of H-pyrrole nitrogens is 1. The summed E-state index contributed by atoms with van der Waals surface area (Å²) in [6.45, 7) is 1.25. The average Bonchev–Trinajstić information content (AvgIpc) is 2.61. The molecule has 0 saturated heterocycles. The maximum absolute atomic E-state index is 12.5. The number of ketones is 1. The predicted molar refractivity (Wildman–Crippen MR) is 53.3 cm³/mol. The molecule has 0 aliphatic carbocycles. The Kier molecular flexibility index (Phi) is 2.26. The highest BCUT2D eigenvalue weighted by Crippen LogP contribution is 2.33. The predicted octanol–water partition coefficient (Wildman–Crippen LogP) is 3.39. The van der Waals surface area contributed by atoms with Crippen molar-refractivity contribution in [1.82, 2.24) is 4.98 Å². The van der Waals surface area contributed by atoms with E-state index >= 15 is 0 Å². The highest BCUT2D eigenvalue weighted by molar-refractivity contribution is 6.06. The topological polar surface area (TPSA) is 32.9 Å². The van der Waals surface area contributed by atoms with Crippen LogP contribution in [0.5, 0.6) is 0 Å². The molecule has 2 rings (SSSR count). The second-order valence-corrected chi connectivity index (χ2v) is 3.52. The van der Waals surface area contributed by atoms with E-state index in [9.17, 15) is 18.0 Å². The van der Waals surface area contributed by atoms with Crippen molar-refractivity contribution in [3.05, 3.63) is 35.5 Å². The molecule has 0 fully saturated rings. The molecule has 0 bridgehead atoms. The van der Waals surface area contributed by atoms with E-state index in [-0.39, 0.29) is 11.3 Å². The van der Waals surface area contributed by atoms with Gasteiger partial charge in [-0.25, -0.2) is 0 Å². The fourth-order valence-electron chi connectivity index (χ4n) is 1.62. The molecule has 0 saturated carbocycles. The number of benzene rings is 1. The maximum Gasteiger partial charge on any atom is 0.416 e. The van der Waals surface area contributed by atoms with Crippen LogP contribution in [0.2, 0.25) is 0 Å². The lowest BCUT2D eigenvalue weighted by Gasteiger charge is -2.08. The summed E-state index contributed by atoms with van der Waals surface area (Å²) in [6.07, 6.45) is -2.93. The van der Waals surface area contributed by atoms with Gasteiger partial charge in [0.2, 0.25) is 0 Å². The molecule has 0 spiro atoms. The molecule has 1 aromatic carbocycles. The van der Waals surface area contributed by atoms with Crippen LogP contribution in [0.3, 0.4) is 0 Å². The first-order valence-electron chi connectivity index (χ1n) is 4.59. The van der Waals surface area contributed by atoms with Gasteiger partial charge < -0.3 is 4.98 Å². The lowest BCUT2D eigenvalue weighted by molar-refractivity contribution is -0.137. The second kappa shape index (κ2) is 3.37. The van der Waals surface area contributed by atoms with Gasteiger partial charge in [-0.05, 0) is 25.1 Å². The third-order valence-electron chi connectivity index (χ3n) is 2.38. The van der Waals surface area contributed by atoms with Crippen molar-refractivity contribution in [3.8, 4) is 0 Å². The number of fused-ring (bicyclic) bond motifs is 1. The number of aromatic amines is 1. The largest absolute Gasteiger partial charge is 0.416 e. The molecule has 2 nitrogen and oxygen atoms in total. The van der Waals surface area contributed by atoms with Crippen LogP contribution in [0, 0.1) is 0 Å². The number of hydrogen-bond donors (Lipinski definition) is 1. The van der Waals surface area contributed by atoms with Crippen molar-refractivity contribution in [3.63, 3.8) is 0 Å². The van der Waals surface area contributed by atoms with Crippen LogP contribution in [0.1, 0.15) is 22.8 Å². The average molecular weight is 227 g/mol. The zero-order chi connectivity index (χ0) is 11.9. The minimum atomic E-state index is -4.44. The first kappa shape index (κ1) is 10.7. The third kappa shape index (κ3) is 1.68. The molecular weight excluding hydrogens is 219 g/mol. The van der Waals surface area contributed by atoms with Gasteiger partial charge in [-0.15, -0.1) is 0 Å². The quantitative estimate of drug-likeness (QED) is 0.744. The smallest absolute Gasteiger partial charge is 0.361 e. The molecule has 5 heteroatoms. The van der Waals surface area contributed by atoms with Crippen molar-refractivity contribution >= 4 is 16.7 Å². The number of carbonyl (C=O) groups excluding carboxylic acids is 1. The lowest BCUT2D eigenvalue weighted by atomic mass is 10.0. The standard InChI is InChI=1S/C11H8F3NO/c1-6(16)9-4-7(11(12,13)14)5-10-8(9)2-3-15-10/h2-5,15H,1H3. The fraction of sp³-hybridized carbons (Fsp3) is 0.182. The van der Waals surface area contributed by atoms with Crippen LogP contribution in [0.25, 0.3) is 10.9 Å². The second-order valence-electron chi connectivity index (χ2n) is 3.52. The van der Waals surface area contributed by atoms with Crippen molar-refractivity contribution in [1.29, 1.82) is 0 Å². The molecule has 1 N–H and O–H groups in total. The van der Waals surface area contributed by atoms with Gasteiger partial charge in [-0.3, -0.25) is 4.79 Å². The molecular formula is C11H8F3NO. The molecule has 0 aliphatic heterocycles. The van der Waals surface area contributed by atoms with Crippen molar-refractivity contribution in [2.75, 3.05) is 0 Å². The van der Waals surface area contributed by atoms with Gasteiger partial charge in [0, 0.05) is 22.7 Å². The molecule has 0 unspecified atom stereocenters. The summed E-state index contributed by atoms with van der Waals surface area (Å²) in [6, 6.07) is 3.48. The molecule has 1 heterocycles. The minimum absolute atomic E-state index is 0.0890. The van der Waals surface area contributed by atoms with Gasteiger partial charge in [0.05, 0.1) is 5.56 Å². The van der Waals surface area contributed by atoms with E-state index in [1.54, 1.807) is 6.07 Å². The molecule has 0 aliphatic rings. The number of alkyl halides is 3. The monoisotopic (exact) mass is 227 g/mol. The first-order valence-corrected chi connectivity index (χ1v) is 4.59. The normalized spacial score (nSPS) is 12.0. The van der Waals surface area contributed by atoms with Crippen molar-refractivity contribution in [2.45, 2.75) is 13.1 Å². The van der Waals surface area contributed by atoms with Crippen LogP contribution < -0.4 is 0 Å². The van der Waals surface area contributed by atoms with E-state index in [0.717, 1.165) is 12.1 Å². The minimum Gasteiger partial charge on any atom is -0.361 e. The summed E-state index contributed by atoms with van der Waals surface area (Å²) in [4.78, 5) is 13.9. The first-order chi connectivity index (χ1) is 7.39. The Balaban J connectivity index is 2.76. The van der Waals surface area contributed by atoms with Gasteiger partial charge in [0.25, 0.3) is 0 Å². The number of Topliss-reactive ketones (excluding diaryl/α,β-unsaturated/α-hetero) is 1. The van der Waals surface area contributed by atoms with E-state index in [4.69, 9.17) is 0 Å². The van der Waals surface area contributed by atoms with E-state index in [0.29, 0.717) is 10.9 Å². The molecule has 1 aromatic heterocycles. The van der Waals surface area contributed by atoms with Gasteiger partial charge in [0.15, 0.2) is 5.78 Å². The van der Waals surface area contributed by atoms with Crippen LogP contribution in [0.4, 0.5) is 13.2 Å². The number of rotatable bonds is 1. The van der Waals surface area contributed by atoms with Gasteiger partial charge in [-0.1, -0.05) is 0 Å². The third-order valence-corrected chi connectivity index (χ3v) is 2.38. The highest BCUT2D eigenvalue weighted by atomic mass is 19.4. The summed E-state index contributed by atoms with van der Waals surface area (Å²) >= 11 is 0. The number of nitrogens with one attached hydrogen (secondary N) is 1. The number of hydrogen-bond acceptors (Lipinski definition) is 1. The van der Waals surface area contributed by atoms with E-state index in [1.165, 1.54) is 13.1 Å². The Hall–Kier alpha value is -1.78.